The van der Waals surface area contributed by atoms with Crippen LogP contribution in [0.15, 0.2) is 18.2 Å². The van der Waals surface area contributed by atoms with Crippen molar-refractivity contribution in [2.24, 2.45) is 5.73 Å². The van der Waals surface area contributed by atoms with Crippen molar-refractivity contribution in [1.29, 1.82) is 0 Å². The van der Waals surface area contributed by atoms with Crippen molar-refractivity contribution >= 4 is 29.5 Å². The molecule has 8 nitrogen and oxygen atoms in total. The second kappa shape index (κ2) is 6.39. The summed E-state index contributed by atoms with van der Waals surface area (Å²) in [5.74, 6) is -1.59. The number of amides is 2. The number of carboxylic acids is 1. The Labute approximate surface area is 132 Å². The maximum atomic E-state index is 12.2. The fourth-order valence-corrected chi connectivity index (χ4v) is 2.23. The van der Waals surface area contributed by atoms with E-state index < -0.39 is 23.9 Å². The van der Waals surface area contributed by atoms with Crippen LogP contribution in [0.2, 0.25) is 0 Å². The largest absolute Gasteiger partial charge is 0.493 e. The minimum Gasteiger partial charge on any atom is -0.493 e. The van der Waals surface area contributed by atoms with Crippen LogP contribution in [0, 0.1) is 0 Å². The van der Waals surface area contributed by atoms with E-state index in [4.69, 9.17) is 20.3 Å². The molecule has 3 N–H and O–H groups in total. The molecule has 2 rings (SSSR count). The minimum atomic E-state index is -1.11. The van der Waals surface area contributed by atoms with Gasteiger partial charge in [-0.2, -0.15) is 0 Å². The molecular weight excluding hydrogens is 304 g/mol. The van der Waals surface area contributed by atoms with Crippen molar-refractivity contribution in [2.75, 3.05) is 18.6 Å². The first-order valence-electron chi connectivity index (χ1n) is 6.73. The number of nitrogens with zero attached hydrogens (tertiary/aromatic N) is 1. The van der Waals surface area contributed by atoms with Gasteiger partial charge in [0.05, 0.1) is 12.8 Å². The van der Waals surface area contributed by atoms with E-state index in [2.05, 4.69) is 0 Å². The highest BCUT2D eigenvalue weighted by atomic mass is 16.5. The number of anilines is 1. The lowest BCUT2D eigenvalue weighted by molar-refractivity contribution is -0.131. The lowest BCUT2D eigenvalue weighted by Crippen LogP contribution is -2.48. The Morgan fingerprint density at radius 2 is 2.17 bits per heavy atom. The first-order valence-corrected chi connectivity index (χ1v) is 6.73. The van der Waals surface area contributed by atoms with Gasteiger partial charge in [-0.3, -0.25) is 14.5 Å². The molecule has 1 aliphatic rings. The number of fused-ring (bicyclic) bond motifs is 1. The topological polar surface area (TPSA) is 119 Å². The molecule has 1 aliphatic heterocycles. The predicted molar refractivity (Wildman–Crippen MR) is 81.3 cm³/mol. The highest BCUT2D eigenvalue weighted by Crippen LogP contribution is 2.43. The SMILES string of the molecule is COc1cc(/C=C/C(=O)O)cc2c1OC(C)C(=O)N2CC(N)=O. The van der Waals surface area contributed by atoms with Crippen molar-refractivity contribution in [3.05, 3.63) is 23.8 Å². The molecule has 1 aromatic rings. The molecule has 0 spiro atoms. The number of hydrogen-bond acceptors (Lipinski definition) is 5. The summed E-state index contributed by atoms with van der Waals surface area (Å²) in [6.45, 7) is 1.24. The molecule has 8 heteroatoms. The lowest BCUT2D eigenvalue weighted by Gasteiger charge is -2.33. The predicted octanol–water partition coefficient (Wildman–Crippen LogP) is 0.392. The number of carboxylic acid groups (broad SMARTS) is 1. The molecule has 0 saturated heterocycles. The normalized spacial score (nSPS) is 16.9. The Bertz CT molecular complexity index is 697. The molecule has 1 unspecified atom stereocenters. The summed E-state index contributed by atoms with van der Waals surface area (Å²) in [5.41, 5.74) is 5.98. The van der Waals surface area contributed by atoms with Gasteiger partial charge in [-0.25, -0.2) is 4.79 Å². The Hall–Kier alpha value is -3.03. The Balaban J connectivity index is 2.57. The van der Waals surface area contributed by atoms with Crippen LogP contribution in [0.5, 0.6) is 11.5 Å². The van der Waals surface area contributed by atoms with Crippen LogP contribution in [0.3, 0.4) is 0 Å². The molecule has 1 aromatic carbocycles. The van der Waals surface area contributed by atoms with Crippen LogP contribution < -0.4 is 20.1 Å². The third kappa shape index (κ3) is 3.42. The van der Waals surface area contributed by atoms with Gasteiger partial charge >= 0.3 is 5.97 Å². The Kier molecular flexibility index (Phi) is 4.54. The molecule has 122 valence electrons. The van der Waals surface area contributed by atoms with Gasteiger partial charge in [0.1, 0.15) is 6.54 Å². The van der Waals surface area contributed by atoms with Crippen LogP contribution >= 0.6 is 0 Å². The van der Waals surface area contributed by atoms with Crippen molar-refractivity contribution in [3.8, 4) is 11.5 Å². The molecular formula is C15H16N2O6. The van der Waals surface area contributed by atoms with Crippen LogP contribution in [0.4, 0.5) is 5.69 Å². The molecule has 0 saturated carbocycles. The summed E-state index contributed by atoms with van der Waals surface area (Å²) >= 11 is 0. The van der Waals surface area contributed by atoms with E-state index in [1.54, 1.807) is 13.0 Å². The van der Waals surface area contributed by atoms with E-state index in [0.717, 1.165) is 6.08 Å². The fraction of sp³-hybridized carbons (Fsp3) is 0.267. The fourth-order valence-electron chi connectivity index (χ4n) is 2.23. The van der Waals surface area contributed by atoms with Gasteiger partial charge in [-0.15, -0.1) is 0 Å². The van der Waals surface area contributed by atoms with E-state index in [9.17, 15) is 14.4 Å². The summed E-state index contributed by atoms with van der Waals surface area (Å²) in [7, 11) is 1.42. The Morgan fingerprint density at radius 3 is 2.74 bits per heavy atom. The van der Waals surface area contributed by atoms with Crippen molar-refractivity contribution < 1.29 is 29.0 Å². The molecule has 0 aliphatic carbocycles. The number of primary amides is 1. The zero-order chi connectivity index (χ0) is 17.1. The Morgan fingerprint density at radius 1 is 1.48 bits per heavy atom. The third-order valence-electron chi connectivity index (χ3n) is 3.21. The quantitative estimate of drug-likeness (QED) is 0.758. The van der Waals surface area contributed by atoms with Crippen LogP contribution in [0.1, 0.15) is 12.5 Å². The van der Waals surface area contributed by atoms with Gasteiger partial charge in [0.15, 0.2) is 17.6 Å². The monoisotopic (exact) mass is 320 g/mol. The van der Waals surface area contributed by atoms with Crippen LogP contribution in [-0.4, -0.2) is 42.6 Å². The van der Waals surface area contributed by atoms with Gasteiger partial charge in [0.2, 0.25) is 5.91 Å². The number of carbonyl (C=O) groups excluding carboxylic acids is 2. The van der Waals surface area contributed by atoms with Gasteiger partial charge < -0.3 is 20.3 Å². The van der Waals surface area contributed by atoms with E-state index in [-0.39, 0.29) is 6.54 Å². The molecule has 2 amide bonds. The average molecular weight is 320 g/mol. The summed E-state index contributed by atoms with van der Waals surface area (Å²) in [6, 6.07) is 3.10. The summed E-state index contributed by atoms with van der Waals surface area (Å²) in [5, 5.41) is 8.72. The van der Waals surface area contributed by atoms with Gasteiger partial charge in [-0.1, -0.05) is 0 Å². The third-order valence-corrected chi connectivity index (χ3v) is 3.21. The second-order valence-electron chi connectivity index (χ2n) is 4.89. The number of hydrogen-bond donors (Lipinski definition) is 2. The summed E-state index contributed by atoms with van der Waals surface area (Å²) < 4.78 is 10.8. The molecule has 0 aromatic heterocycles. The van der Waals surface area contributed by atoms with Crippen molar-refractivity contribution in [2.45, 2.75) is 13.0 Å². The van der Waals surface area contributed by atoms with Gasteiger partial charge in [0, 0.05) is 6.08 Å². The minimum absolute atomic E-state index is 0.299. The van der Waals surface area contributed by atoms with Crippen LogP contribution in [0.25, 0.3) is 6.08 Å². The zero-order valence-electron chi connectivity index (χ0n) is 12.6. The van der Waals surface area contributed by atoms with E-state index in [1.807, 2.05) is 0 Å². The number of ether oxygens (including phenoxy) is 2. The van der Waals surface area contributed by atoms with E-state index in [1.165, 1.54) is 24.2 Å². The standard InChI is InChI=1S/C15H16N2O6/c1-8-15(21)17(7-12(16)18)10-5-9(3-4-13(19)20)6-11(22-2)14(10)23-8/h3-6,8H,7H2,1-2H3,(H2,16,18)(H,19,20)/b4-3+. The number of benzene rings is 1. The first kappa shape index (κ1) is 16.3. The smallest absolute Gasteiger partial charge is 0.328 e. The molecule has 23 heavy (non-hydrogen) atoms. The second-order valence-corrected chi connectivity index (χ2v) is 4.89. The number of nitrogens with two attached hydrogens (primary N) is 1. The van der Waals surface area contributed by atoms with E-state index in [0.29, 0.717) is 22.7 Å². The van der Waals surface area contributed by atoms with E-state index >= 15 is 0 Å². The zero-order valence-corrected chi connectivity index (χ0v) is 12.6. The summed E-state index contributed by atoms with van der Waals surface area (Å²) in [4.78, 5) is 35.3. The number of rotatable bonds is 5. The molecule has 1 atom stereocenters. The maximum Gasteiger partial charge on any atom is 0.328 e. The molecule has 0 radical (unpaired) electrons. The molecule has 0 fully saturated rings. The van der Waals surface area contributed by atoms with Crippen molar-refractivity contribution in [1.82, 2.24) is 0 Å². The number of aliphatic carboxylic acids is 1. The highest BCUT2D eigenvalue weighted by molar-refractivity contribution is 6.04. The summed E-state index contributed by atoms with van der Waals surface area (Å²) in [6.07, 6.45) is 1.50. The molecule has 0 bridgehead atoms. The molecule has 1 heterocycles. The van der Waals surface area contributed by atoms with Gasteiger partial charge in [-0.05, 0) is 30.7 Å². The van der Waals surface area contributed by atoms with Gasteiger partial charge in [0.25, 0.3) is 5.91 Å². The maximum absolute atomic E-state index is 12.2. The number of methoxy groups -OCH3 is 1. The first-order chi connectivity index (χ1) is 10.8. The van der Waals surface area contributed by atoms with Crippen molar-refractivity contribution in [3.63, 3.8) is 0 Å². The number of carbonyl (C=O) groups is 3. The average Bonchev–Trinajstić information content (AvgIpc) is 2.49. The highest BCUT2D eigenvalue weighted by Gasteiger charge is 2.34. The van der Waals surface area contributed by atoms with Crippen LogP contribution in [-0.2, 0) is 14.4 Å². The lowest BCUT2D eigenvalue weighted by atomic mass is 10.1.